The second-order valence-electron chi connectivity index (χ2n) is 3.82. The Labute approximate surface area is 111 Å². The fourth-order valence-corrected chi connectivity index (χ4v) is 2.83. The van der Waals surface area contributed by atoms with Crippen LogP contribution in [0.4, 0.5) is 5.69 Å². The molecule has 0 bridgehead atoms. The molecule has 0 aliphatic heterocycles. The van der Waals surface area contributed by atoms with Crippen molar-refractivity contribution in [3.05, 3.63) is 23.8 Å². The maximum Gasteiger partial charge on any atom is 0.242 e. The first-order chi connectivity index (χ1) is 8.94. The summed E-state index contributed by atoms with van der Waals surface area (Å²) in [5.41, 5.74) is 5.74. The molecule has 4 N–H and O–H groups in total. The van der Waals surface area contributed by atoms with Gasteiger partial charge in [-0.2, -0.15) is 5.26 Å². The second-order valence-corrected chi connectivity index (χ2v) is 5.51. The molecule has 0 saturated carbocycles. The number of hydrogen-bond donors (Lipinski definition) is 3. The normalized spacial score (nSPS) is 12.9. The summed E-state index contributed by atoms with van der Waals surface area (Å²) in [5.74, 6) is 0. The third kappa shape index (κ3) is 3.90. The summed E-state index contributed by atoms with van der Waals surface area (Å²) >= 11 is 0. The Hall–Kier alpha value is -1.66. The number of nitrogens with one attached hydrogen (secondary N) is 1. The average molecular weight is 285 g/mol. The number of sulfonamides is 1. The minimum absolute atomic E-state index is 0.0204. The third-order valence-electron chi connectivity index (χ3n) is 2.32. The molecule has 7 nitrogen and oxygen atoms in total. The van der Waals surface area contributed by atoms with E-state index in [4.69, 9.17) is 20.8 Å². The molecule has 0 aromatic heterocycles. The van der Waals surface area contributed by atoms with Crippen molar-refractivity contribution in [1.82, 2.24) is 4.72 Å². The van der Waals surface area contributed by atoms with Gasteiger partial charge in [0.1, 0.15) is 6.07 Å². The molecule has 0 heterocycles. The van der Waals surface area contributed by atoms with Crippen molar-refractivity contribution in [1.29, 1.82) is 5.26 Å². The quantitative estimate of drug-likeness (QED) is 0.601. The number of rotatable bonds is 6. The minimum Gasteiger partial charge on any atom is -0.399 e. The van der Waals surface area contributed by atoms with E-state index < -0.39 is 22.7 Å². The van der Waals surface area contributed by atoms with Gasteiger partial charge in [0.15, 0.2) is 0 Å². The van der Waals surface area contributed by atoms with Gasteiger partial charge in [-0.05, 0) is 18.2 Å². The van der Waals surface area contributed by atoms with Crippen LogP contribution in [0, 0.1) is 11.3 Å². The number of benzene rings is 1. The van der Waals surface area contributed by atoms with Gasteiger partial charge in [0.05, 0.1) is 29.7 Å². The Morgan fingerprint density at radius 2 is 2.26 bits per heavy atom. The lowest BCUT2D eigenvalue weighted by Gasteiger charge is -2.16. The summed E-state index contributed by atoms with van der Waals surface area (Å²) in [4.78, 5) is -0.182. The fourth-order valence-electron chi connectivity index (χ4n) is 1.48. The van der Waals surface area contributed by atoms with Crippen LogP contribution in [0.25, 0.3) is 0 Å². The molecule has 0 radical (unpaired) electrons. The molecule has 0 saturated heterocycles. The molecule has 104 valence electrons. The SMILES string of the molecule is COCC(CO)NS(=O)(=O)c1ccc(N)cc1C#N. The van der Waals surface area contributed by atoms with E-state index in [1.165, 1.54) is 25.3 Å². The van der Waals surface area contributed by atoms with Crippen molar-refractivity contribution >= 4 is 15.7 Å². The lowest BCUT2D eigenvalue weighted by molar-refractivity contribution is 0.139. The Bertz CT molecular complexity index is 580. The first kappa shape index (κ1) is 15.4. The molecule has 8 heteroatoms. The van der Waals surface area contributed by atoms with Crippen molar-refractivity contribution in [2.45, 2.75) is 10.9 Å². The van der Waals surface area contributed by atoms with Gasteiger partial charge < -0.3 is 15.6 Å². The molecule has 0 spiro atoms. The summed E-state index contributed by atoms with van der Waals surface area (Å²) in [5, 5.41) is 18.0. The van der Waals surface area contributed by atoms with Crippen LogP contribution >= 0.6 is 0 Å². The van der Waals surface area contributed by atoms with Crippen LogP contribution in [-0.4, -0.2) is 39.9 Å². The van der Waals surface area contributed by atoms with E-state index in [0.717, 1.165) is 0 Å². The predicted molar refractivity (Wildman–Crippen MR) is 68.6 cm³/mol. The van der Waals surface area contributed by atoms with Crippen molar-refractivity contribution in [3.63, 3.8) is 0 Å². The number of nitriles is 1. The van der Waals surface area contributed by atoms with E-state index in [1.807, 2.05) is 0 Å². The van der Waals surface area contributed by atoms with Crippen LogP contribution in [-0.2, 0) is 14.8 Å². The number of hydrogen-bond acceptors (Lipinski definition) is 6. The number of aliphatic hydroxyl groups is 1. The van der Waals surface area contributed by atoms with Crippen molar-refractivity contribution in [3.8, 4) is 6.07 Å². The average Bonchev–Trinajstić information content (AvgIpc) is 2.37. The maximum absolute atomic E-state index is 12.1. The molecule has 0 amide bonds. The van der Waals surface area contributed by atoms with E-state index in [-0.39, 0.29) is 17.1 Å². The molecule has 1 rings (SSSR count). The number of aliphatic hydroxyl groups excluding tert-OH is 1. The highest BCUT2D eigenvalue weighted by molar-refractivity contribution is 7.89. The van der Waals surface area contributed by atoms with Crippen molar-refractivity contribution < 1.29 is 18.3 Å². The topological polar surface area (TPSA) is 125 Å². The van der Waals surface area contributed by atoms with E-state index in [2.05, 4.69) is 4.72 Å². The zero-order chi connectivity index (χ0) is 14.5. The van der Waals surface area contributed by atoms with Crippen LogP contribution in [0.3, 0.4) is 0 Å². The fraction of sp³-hybridized carbons (Fsp3) is 0.364. The van der Waals surface area contributed by atoms with Gasteiger partial charge in [-0.15, -0.1) is 0 Å². The second kappa shape index (κ2) is 6.49. The van der Waals surface area contributed by atoms with E-state index in [1.54, 1.807) is 6.07 Å². The Balaban J connectivity index is 3.10. The molecule has 0 fully saturated rings. The standard InChI is InChI=1S/C11H15N3O4S/c1-18-7-10(6-15)14-19(16,17)11-3-2-9(13)4-8(11)5-12/h2-4,10,14-15H,6-7,13H2,1H3. The highest BCUT2D eigenvalue weighted by Gasteiger charge is 2.22. The zero-order valence-electron chi connectivity index (χ0n) is 10.3. The van der Waals surface area contributed by atoms with Gasteiger partial charge in [0.25, 0.3) is 0 Å². The van der Waals surface area contributed by atoms with Gasteiger partial charge in [-0.3, -0.25) is 0 Å². The van der Waals surface area contributed by atoms with Crippen LogP contribution < -0.4 is 10.5 Å². The van der Waals surface area contributed by atoms with Crippen molar-refractivity contribution in [2.24, 2.45) is 0 Å². The molecular weight excluding hydrogens is 270 g/mol. The Morgan fingerprint density at radius 3 is 2.79 bits per heavy atom. The van der Waals surface area contributed by atoms with Crippen molar-refractivity contribution in [2.75, 3.05) is 26.1 Å². The van der Waals surface area contributed by atoms with Crippen LogP contribution in [0.1, 0.15) is 5.56 Å². The highest BCUT2D eigenvalue weighted by Crippen LogP contribution is 2.18. The number of ether oxygens (including phenoxy) is 1. The first-order valence-electron chi connectivity index (χ1n) is 5.36. The monoisotopic (exact) mass is 285 g/mol. The van der Waals surface area contributed by atoms with Gasteiger partial charge >= 0.3 is 0 Å². The van der Waals surface area contributed by atoms with E-state index >= 15 is 0 Å². The largest absolute Gasteiger partial charge is 0.399 e. The number of methoxy groups -OCH3 is 1. The van der Waals surface area contributed by atoms with E-state index in [0.29, 0.717) is 5.69 Å². The number of nitrogens with zero attached hydrogens (tertiary/aromatic N) is 1. The van der Waals surface area contributed by atoms with Crippen LogP contribution in [0.5, 0.6) is 0 Å². The molecule has 1 aromatic carbocycles. The summed E-state index contributed by atoms with van der Waals surface area (Å²) < 4.78 is 31.2. The minimum atomic E-state index is -3.92. The summed E-state index contributed by atoms with van der Waals surface area (Å²) in [6.07, 6.45) is 0. The Kier molecular flexibility index (Phi) is 5.26. The highest BCUT2D eigenvalue weighted by atomic mass is 32.2. The number of nitrogen functional groups attached to an aromatic ring is 1. The molecule has 1 atom stereocenters. The maximum atomic E-state index is 12.1. The first-order valence-corrected chi connectivity index (χ1v) is 6.84. The Morgan fingerprint density at radius 1 is 1.58 bits per heavy atom. The zero-order valence-corrected chi connectivity index (χ0v) is 11.1. The summed E-state index contributed by atoms with van der Waals surface area (Å²) in [7, 11) is -2.53. The predicted octanol–water partition coefficient (Wildman–Crippen LogP) is -0.574. The smallest absolute Gasteiger partial charge is 0.242 e. The van der Waals surface area contributed by atoms with Crippen LogP contribution in [0.2, 0.25) is 0 Å². The summed E-state index contributed by atoms with van der Waals surface area (Å²) in [6.45, 7) is -0.392. The van der Waals surface area contributed by atoms with Crippen LogP contribution in [0.15, 0.2) is 23.1 Å². The third-order valence-corrected chi connectivity index (χ3v) is 3.90. The van der Waals surface area contributed by atoms with Gasteiger partial charge in [0.2, 0.25) is 10.0 Å². The van der Waals surface area contributed by atoms with Gasteiger partial charge in [-0.25, -0.2) is 13.1 Å². The lowest BCUT2D eigenvalue weighted by atomic mass is 10.2. The van der Waals surface area contributed by atoms with E-state index in [9.17, 15) is 8.42 Å². The molecule has 1 aromatic rings. The molecular formula is C11H15N3O4S. The van der Waals surface area contributed by atoms with Gasteiger partial charge in [-0.1, -0.05) is 0 Å². The molecule has 0 aliphatic carbocycles. The molecule has 1 unspecified atom stereocenters. The summed E-state index contributed by atoms with van der Waals surface area (Å²) in [6, 6.07) is 4.91. The number of anilines is 1. The molecule has 0 aliphatic rings. The number of nitrogens with two attached hydrogens (primary N) is 1. The van der Waals surface area contributed by atoms with Gasteiger partial charge in [0, 0.05) is 12.8 Å². The molecule has 19 heavy (non-hydrogen) atoms. The lowest BCUT2D eigenvalue weighted by Crippen LogP contribution is -2.40.